The smallest absolute Gasteiger partial charge is 0.130 e. The molecule has 0 aliphatic carbocycles. The van der Waals surface area contributed by atoms with E-state index >= 15 is 0 Å². The van der Waals surface area contributed by atoms with Gasteiger partial charge < -0.3 is 10.2 Å². The Balaban J connectivity index is 1.65. The van der Waals surface area contributed by atoms with Gasteiger partial charge in [0.05, 0.1) is 0 Å². The lowest BCUT2D eigenvalue weighted by Gasteiger charge is -2.22. The van der Waals surface area contributed by atoms with E-state index in [2.05, 4.69) is 28.3 Å². The summed E-state index contributed by atoms with van der Waals surface area (Å²) in [4.78, 5) is 11.6. The summed E-state index contributed by atoms with van der Waals surface area (Å²) < 4.78 is 0. The number of likely N-dealkylation sites (N-methyl/N-ethyl adjacent to an activating group) is 1. The van der Waals surface area contributed by atoms with Crippen LogP contribution in [0.3, 0.4) is 0 Å². The van der Waals surface area contributed by atoms with E-state index in [1.165, 1.54) is 37.9 Å². The van der Waals surface area contributed by atoms with E-state index in [1.807, 2.05) is 6.20 Å². The molecule has 1 N–H and O–H groups in total. The molecule has 0 amide bonds. The third kappa shape index (κ3) is 3.31. The summed E-state index contributed by atoms with van der Waals surface area (Å²) in [6, 6.07) is 2.68. The molecular formula is C15H24N4. The summed E-state index contributed by atoms with van der Waals surface area (Å²) in [5.74, 6) is 1.62. The van der Waals surface area contributed by atoms with Crippen LogP contribution in [0.25, 0.3) is 0 Å². The van der Waals surface area contributed by atoms with Gasteiger partial charge in [-0.2, -0.15) is 0 Å². The van der Waals surface area contributed by atoms with Gasteiger partial charge in [0, 0.05) is 36.8 Å². The van der Waals surface area contributed by atoms with E-state index in [0.717, 1.165) is 25.3 Å². The minimum atomic E-state index is 0.579. The van der Waals surface area contributed by atoms with Crippen molar-refractivity contribution in [2.45, 2.75) is 44.1 Å². The second kappa shape index (κ2) is 5.97. The van der Waals surface area contributed by atoms with Gasteiger partial charge >= 0.3 is 0 Å². The van der Waals surface area contributed by atoms with Gasteiger partial charge in [-0.15, -0.1) is 0 Å². The first-order valence-electron chi connectivity index (χ1n) is 7.55. The van der Waals surface area contributed by atoms with Gasteiger partial charge in [0.1, 0.15) is 5.82 Å². The Hall–Kier alpha value is -1.00. The fraction of sp³-hybridized carbons (Fsp3) is 0.733. The third-order valence-electron chi connectivity index (χ3n) is 4.38. The van der Waals surface area contributed by atoms with E-state index < -0.39 is 0 Å². The Bertz CT molecular complexity index is 414. The zero-order chi connectivity index (χ0) is 13.1. The van der Waals surface area contributed by atoms with Crippen LogP contribution in [0.15, 0.2) is 12.3 Å². The molecule has 2 unspecified atom stereocenters. The predicted octanol–water partition coefficient (Wildman–Crippen LogP) is 1.58. The molecule has 0 bridgehead atoms. The fourth-order valence-corrected chi connectivity index (χ4v) is 3.24. The lowest BCUT2D eigenvalue weighted by atomic mass is 10.0. The first-order valence-corrected chi connectivity index (χ1v) is 7.55. The minimum Gasteiger partial charge on any atom is -0.314 e. The molecule has 19 heavy (non-hydrogen) atoms. The second-order valence-electron chi connectivity index (χ2n) is 6.00. The largest absolute Gasteiger partial charge is 0.314 e. The van der Waals surface area contributed by atoms with Gasteiger partial charge in [-0.05, 0) is 45.5 Å². The number of nitrogens with one attached hydrogen (secondary N) is 1. The van der Waals surface area contributed by atoms with Crippen LogP contribution in [-0.4, -0.2) is 47.6 Å². The zero-order valence-corrected chi connectivity index (χ0v) is 11.8. The third-order valence-corrected chi connectivity index (χ3v) is 4.38. The Morgan fingerprint density at radius 1 is 1.37 bits per heavy atom. The summed E-state index contributed by atoms with van der Waals surface area (Å²) in [6.45, 7) is 3.48. The highest BCUT2D eigenvalue weighted by Crippen LogP contribution is 2.24. The Kier molecular flexibility index (Phi) is 4.09. The number of likely N-dealkylation sites (tertiary alicyclic amines) is 1. The average Bonchev–Trinajstić information content (AvgIpc) is 2.87. The van der Waals surface area contributed by atoms with E-state index in [-0.39, 0.29) is 0 Å². The SMILES string of the molecule is CN1CCC(c2ccnc(CC3CCCCN3)n2)C1. The first kappa shape index (κ1) is 13.0. The molecule has 1 aromatic rings. The van der Waals surface area contributed by atoms with Crippen LogP contribution >= 0.6 is 0 Å². The van der Waals surface area contributed by atoms with E-state index in [9.17, 15) is 0 Å². The topological polar surface area (TPSA) is 41.1 Å². The molecule has 3 heterocycles. The maximum Gasteiger partial charge on any atom is 0.130 e. The Labute approximate surface area is 115 Å². The molecule has 0 saturated carbocycles. The molecule has 4 nitrogen and oxygen atoms in total. The fourth-order valence-electron chi connectivity index (χ4n) is 3.24. The summed E-state index contributed by atoms with van der Waals surface area (Å²) in [6.07, 6.45) is 8.07. The predicted molar refractivity (Wildman–Crippen MR) is 76.2 cm³/mol. The summed E-state index contributed by atoms with van der Waals surface area (Å²) in [5, 5.41) is 3.58. The molecule has 104 valence electrons. The van der Waals surface area contributed by atoms with Crippen molar-refractivity contribution >= 4 is 0 Å². The monoisotopic (exact) mass is 260 g/mol. The molecule has 2 fully saturated rings. The lowest BCUT2D eigenvalue weighted by molar-refractivity contribution is 0.393. The second-order valence-corrected chi connectivity index (χ2v) is 6.00. The molecule has 0 radical (unpaired) electrons. The molecular weight excluding hydrogens is 236 g/mol. The summed E-state index contributed by atoms with van der Waals surface area (Å²) >= 11 is 0. The molecule has 1 aromatic heterocycles. The highest BCUT2D eigenvalue weighted by molar-refractivity contribution is 5.11. The van der Waals surface area contributed by atoms with Crippen LogP contribution in [0.5, 0.6) is 0 Å². The van der Waals surface area contributed by atoms with Crippen molar-refractivity contribution in [3.05, 3.63) is 23.8 Å². The van der Waals surface area contributed by atoms with Crippen molar-refractivity contribution in [3.8, 4) is 0 Å². The molecule has 2 saturated heterocycles. The molecule has 2 atom stereocenters. The zero-order valence-electron chi connectivity index (χ0n) is 11.8. The molecule has 2 aliphatic rings. The standard InChI is InChI=1S/C15H24N4/c1-19-9-6-12(11-19)14-5-8-17-15(18-14)10-13-4-2-3-7-16-13/h5,8,12-13,16H,2-4,6-7,9-11H2,1H3. The van der Waals surface area contributed by atoms with Crippen LogP contribution in [0, 0.1) is 0 Å². The van der Waals surface area contributed by atoms with Crippen molar-refractivity contribution < 1.29 is 0 Å². The molecule has 0 aromatic carbocycles. The van der Waals surface area contributed by atoms with Crippen molar-refractivity contribution in [3.63, 3.8) is 0 Å². The first-order chi connectivity index (χ1) is 9.31. The lowest BCUT2D eigenvalue weighted by Crippen LogP contribution is -2.36. The van der Waals surface area contributed by atoms with Crippen LogP contribution in [-0.2, 0) is 6.42 Å². The number of nitrogens with zero attached hydrogens (tertiary/aromatic N) is 3. The molecule has 2 aliphatic heterocycles. The highest BCUT2D eigenvalue weighted by atomic mass is 15.1. The van der Waals surface area contributed by atoms with Gasteiger partial charge in [0.2, 0.25) is 0 Å². The number of piperidine rings is 1. The van der Waals surface area contributed by atoms with Gasteiger partial charge in [-0.3, -0.25) is 0 Å². The molecule has 4 heteroatoms. The van der Waals surface area contributed by atoms with Gasteiger partial charge in [0.15, 0.2) is 0 Å². The van der Waals surface area contributed by atoms with Crippen molar-refractivity contribution in [2.24, 2.45) is 0 Å². The summed E-state index contributed by atoms with van der Waals surface area (Å²) in [5.41, 5.74) is 1.24. The summed E-state index contributed by atoms with van der Waals surface area (Å²) in [7, 11) is 2.19. The molecule has 3 rings (SSSR count). The number of aromatic nitrogens is 2. The normalized spacial score (nSPS) is 28.7. The van der Waals surface area contributed by atoms with Gasteiger partial charge in [-0.25, -0.2) is 9.97 Å². The van der Waals surface area contributed by atoms with Crippen molar-refractivity contribution in [1.82, 2.24) is 20.2 Å². The van der Waals surface area contributed by atoms with Crippen LogP contribution in [0.4, 0.5) is 0 Å². The molecule has 0 spiro atoms. The highest BCUT2D eigenvalue weighted by Gasteiger charge is 2.23. The minimum absolute atomic E-state index is 0.579. The van der Waals surface area contributed by atoms with E-state index in [4.69, 9.17) is 4.98 Å². The maximum atomic E-state index is 4.81. The average molecular weight is 260 g/mol. The number of hydrogen-bond donors (Lipinski definition) is 1. The van der Waals surface area contributed by atoms with E-state index in [1.54, 1.807) is 0 Å². The van der Waals surface area contributed by atoms with Crippen LogP contribution in [0.1, 0.15) is 43.1 Å². The van der Waals surface area contributed by atoms with Crippen molar-refractivity contribution in [1.29, 1.82) is 0 Å². The Morgan fingerprint density at radius 3 is 3.05 bits per heavy atom. The van der Waals surface area contributed by atoms with Gasteiger partial charge in [-0.1, -0.05) is 6.42 Å². The quantitative estimate of drug-likeness (QED) is 0.896. The van der Waals surface area contributed by atoms with Crippen LogP contribution in [0.2, 0.25) is 0 Å². The maximum absolute atomic E-state index is 4.81. The number of hydrogen-bond acceptors (Lipinski definition) is 4. The van der Waals surface area contributed by atoms with Crippen LogP contribution < -0.4 is 5.32 Å². The van der Waals surface area contributed by atoms with Crippen molar-refractivity contribution in [2.75, 3.05) is 26.7 Å². The van der Waals surface area contributed by atoms with Gasteiger partial charge in [0.25, 0.3) is 0 Å². The van der Waals surface area contributed by atoms with E-state index in [0.29, 0.717) is 12.0 Å². The number of rotatable bonds is 3. The Morgan fingerprint density at radius 2 is 2.32 bits per heavy atom.